The van der Waals surface area contributed by atoms with E-state index in [1.54, 1.807) is 12.0 Å². The minimum atomic E-state index is -0.533. The average molecular weight is 374 g/mol. The predicted octanol–water partition coefficient (Wildman–Crippen LogP) is 2.66. The van der Waals surface area contributed by atoms with E-state index in [-0.39, 0.29) is 24.0 Å². The van der Waals surface area contributed by atoms with Crippen molar-refractivity contribution in [1.29, 1.82) is 0 Å². The van der Waals surface area contributed by atoms with Crippen LogP contribution in [0.1, 0.15) is 5.56 Å². The second kappa shape index (κ2) is 10.1. The first-order chi connectivity index (χ1) is 13.0. The molecule has 0 radical (unpaired) electrons. The van der Waals surface area contributed by atoms with Crippen molar-refractivity contribution in [1.82, 2.24) is 4.90 Å². The minimum absolute atomic E-state index is 0.140. The molecule has 0 heterocycles. The number of hydrogen-bond donors (Lipinski definition) is 0. The highest BCUT2D eigenvalue weighted by molar-refractivity contribution is 5.78. The second-order valence-corrected chi connectivity index (χ2v) is 5.67. The summed E-state index contributed by atoms with van der Waals surface area (Å²) in [6, 6.07) is 13.6. The maximum Gasteiger partial charge on any atom is 0.273 e. The predicted molar refractivity (Wildman–Crippen MR) is 98.9 cm³/mol. The van der Waals surface area contributed by atoms with Crippen molar-refractivity contribution < 1.29 is 23.9 Å². The second-order valence-electron chi connectivity index (χ2n) is 5.67. The van der Waals surface area contributed by atoms with E-state index in [2.05, 4.69) is 0 Å². The fraction of sp³-hybridized carbons (Fsp3) is 0.316. The third kappa shape index (κ3) is 5.96. The topological polar surface area (TPSA) is 91.1 Å². The summed E-state index contributed by atoms with van der Waals surface area (Å²) < 4.78 is 15.7. The molecule has 1 amide bonds. The van der Waals surface area contributed by atoms with Crippen LogP contribution in [0.2, 0.25) is 0 Å². The molecule has 0 aliphatic carbocycles. The van der Waals surface area contributed by atoms with Gasteiger partial charge in [-0.25, -0.2) is 0 Å². The number of amides is 1. The van der Waals surface area contributed by atoms with E-state index < -0.39 is 4.92 Å². The Hall–Kier alpha value is -3.13. The van der Waals surface area contributed by atoms with Crippen LogP contribution in [0.5, 0.6) is 11.5 Å². The maximum absolute atomic E-state index is 12.6. The lowest BCUT2D eigenvalue weighted by molar-refractivity contribution is -0.385. The highest BCUT2D eigenvalue weighted by atomic mass is 16.6. The van der Waals surface area contributed by atoms with E-state index in [9.17, 15) is 14.9 Å². The molecule has 0 aromatic heterocycles. The largest absolute Gasteiger partial charge is 0.493 e. The average Bonchev–Trinajstić information content (AvgIpc) is 2.69. The maximum atomic E-state index is 12.6. The van der Waals surface area contributed by atoms with Crippen LogP contribution in [0, 0.1) is 10.1 Å². The Kier molecular flexibility index (Phi) is 7.57. The van der Waals surface area contributed by atoms with Gasteiger partial charge >= 0.3 is 0 Å². The molecular formula is C19H22N2O6. The number of nitrogens with zero attached hydrogens (tertiary/aromatic N) is 2. The fourth-order valence-corrected chi connectivity index (χ4v) is 2.42. The van der Waals surface area contributed by atoms with Crippen LogP contribution in [-0.4, -0.2) is 49.7 Å². The lowest BCUT2D eigenvalue weighted by Gasteiger charge is -2.23. The van der Waals surface area contributed by atoms with Crippen LogP contribution < -0.4 is 9.47 Å². The molecule has 0 N–H and O–H groups in total. The molecule has 0 atom stereocenters. The number of ether oxygens (including phenoxy) is 3. The molecule has 0 saturated carbocycles. The summed E-state index contributed by atoms with van der Waals surface area (Å²) in [5.41, 5.74) is 0.841. The molecule has 0 aliphatic rings. The van der Waals surface area contributed by atoms with Gasteiger partial charge in [-0.15, -0.1) is 0 Å². The molecule has 8 nitrogen and oxygen atoms in total. The monoisotopic (exact) mass is 374 g/mol. The molecule has 144 valence electrons. The standard InChI is InChI=1S/C19H22N2O6/c1-25-11-10-20(13-15-6-4-3-5-7-15)19(22)14-27-18-12-16(21(23)24)8-9-17(18)26-2/h3-9,12H,10-11,13-14H2,1-2H3. The van der Waals surface area contributed by atoms with Crippen molar-refractivity contribution >= 4 is 11.6 Å². The van der Waals surface area contributed by atoms with Crippen molar-refractivity contribution in [3.63, 3.8) is 0 Å². The van der Waals surface area contributed by atoms with Crippen LogP contribution in [0.15, 0.2) is 48.5 Å². The number of hydrogen-bond acceptors (Lipinski definition) is 6. The number of non-ortho nitro benzene ring substituents is 1. The summed E-state index contributed by atoms with van der Waals surface area (Å²) in [5.74, 6) is 0.204. The van der Waals surface area contributed by atoms with Crippen LogP contribution in [0.4, 0.5) is 5.69 Å². The van der Waals surface area contributed by atoms with Crippen LogP contribution in [0.3, 0.4) is 0 Å². The molecule has 0 unspecified atom stereocenters. The SMILES string of the molecule is COCCN(Cc1ccccc1)C(=O)COc1cc([N+](=O)[O-])ccc1OC. The van der Waals surface area contributed by atoms with Gasteiger partial charge in [0.1, 0.15) is 0 Å². The van der Waals surface area contributed by atoms with Gasteiger partial charge in [0.15, 0.2) is 18.1 Å². The number of nitro groups is 1. The van der Waals surface area contributed by atoms with E-state index >= 15 is 0 Å². The van der Waals surface area contributed by atoms with E-state index in [1.807, 2.05) is 30.3 Å². The number of nitro benzene ring substituents is 1. The molecule has 2 aromatic carbocycles. The minimum Gasteiger partial charge on any atom is -0.493 e. The number of methoxy groups -OCH3 is 2. The molecule has 0 spiro atoms. The first-order valence-electron chi connectivity index (χ1n) is 8.31. The Morgan fingerprint density at radius 1 is 1.11 bits per heavy atom. The number of carbonyl (C=O) groups is 1. The molecule has 8 heteroatoms. The highest BCUT2D eigenvalue weighted by Crippen LogP contribution is 2.31. The highest BCUT2D eigenvalue weighted by Gasteiger charge is 2.17. The first-order valence-corrected chi connectivity index (χ1v) is 8.31. The summed E-state index contributed by atoms with van der Waals surface area (Å²) >= 11 is 0. The Labute approximate surface area is 157 Å². The fourth-order valence-electron chi connectivity index (χ4n) is 2.42. The van der Waals surface area contributed by atoms with Crippen LogP contribution >= 0.6 is 0 Å². The summed E-state index contributed by atoms with van der Waals surface area (Å²) in [7, 11) is 2.99. The quantitative estimate of drug-likeness (QED) is 0.469. The molecule has 0 saturated heterocycles. The van der Waals surface area contributed by atoms with Gasteiger partial charge < -0.3 is 19.1 Å². The molecular weight excluding hydrogens is 352 g/mol. The third-order valence-electron chi connectivity index (χ3n) is 3.84. The summed E-state index contributed by atoms with van der Waals surface area (Å²) in [6.07, 6.45) is 0. The van der Waals surface area contributed by atoms with Crippen molar-refractivity contribution in [3.05, 3.63) is 64.2 Å². The number of carbonyl (C=O) groups excluding carboxylic acids is 1. The lowest BCUT2D eigenvalue weighted by atomic mass is 10.2. The smallest absolute Gasteiger partial charge is 0.273 e. The van der Waals surface area contributed by atoms with E-state index in [4.69, 9.17) is 14.2 Å². The molecule has 2 rings (SSSR count). The first kappa shape index (κ1) is 20.2. The van der Waals surface area contributed by atoms with Gasteiger partial charge in [0.2, 0.25) is 0 Å². The molecule has 0 aliphatic heterocycles. The van der Waals surface area contributed by atoms with Crippen molar-refractivity contribution in [2.24, 2.45) is 0 Å². The zero-order valence-electron chi connectivity index (χ0n) is 15.3. The Balaban J connectivity index is 2.08. The number of benzene rings is 2. The number of rotatable bonds is 10. The van der Waals surface area contributed by atoms with Crippen molar-refractivity contribution in [3.8, 4) is 11.5 Å². The molecule has 27 heavy (non-hydrogen) atoms. The van der Waals surface area contributed by atoms with Gasteiger partial charge in [-0.05, 0) is 11.6 Å². The summed E-state index contributed by atoms with van der Waals surface area (Å²) in [6.45, 7) is 0.935. The summed E-state index contributed by atoms with van der Waals surface area (Å²) in [5, 5.41) is 10.9. The Bertz CT molecular complexity index is 766. The van der Waals surface area contributed by atoms with Gasteiger partial charge in [0.05, 0.1) is 24.7 Å². The van der Waals surface area contributed by atoms with Gasteiger partial charge in [-0.2, -0.15) is 0 Å². The normalized spacial score (nSPS) is 10.3. The van der Waals surface area contributed by atoms with Crippen molar-refractivity contribution in [2.45, 2.75) is 6.54 Å². The van der Waals surface area contributed by atoms with Gasteiger partial charge in [0.25, 0.3) is 11.6 Å². The van der Waals surface area contributed by atoms with Gasteiger partial charge in [0, 0.05) is 26.3 Å². The van der Waals surface area contributed by atoms with Gasteiger partial charge in [-0.1, -0.05) is 30.3 Å². The van der Waals surface area contributed by atoms with Crippen LogP contribution in [-0.2, 0) is 16.1 Å². The zero-order valence-corrected chi connectivity index (χ0v) is 15.3. The van der Waals surface area contributed by atoms with E-state index in [1.165, 1.54) is 25.3 Å². The third-order valence-corrected chi connectivity index (χ3v) is 3.84. The van der Waals surface area contributed by atoms with Crippen molar-refractivity contribution in [2.75, 3.05) is 34.0 Å². The lowest BCUT2D eigenvalue weighted by Crippen LogP contribution is -2.36. The zero-order chi connectivity index (χ0) is 19.6. The Morgan fingerprint density at radius 2 is 1.85 bits per heavy atom. The van der Waals surface area contributed by atoms with Crippen LogP contribution in [0.25, 0.3) is 0 Å². The molecule has 2 aromatic rings. The summed E-state index contributed by atoms with van der Waals surface area (Å²) in [4.78, 5) is 24.6. The van der Waals surface area contributed by atoms with E-state index in [0.717, 1.165) is 5.56 Å². The molecule has 0 fully saturated rings. The van der Waals surface area contributed by atoms with Gasteiger partial charge in [-0.3, -0.25) is 14.9 Å². The van der Waals surface area contributed by atoms with E-state index in [0.29, 0.717) is 25.4 Å². The Morgan fingerprint density at radius 3 is 2.48 bits per heavy atom. The molecule has 0 bridgehead atoms.